The van der Waals surface area contributed by atoms with Crippen LogP contribution in [0.25, 0.3) is 5.70 Å². The Labute approximate surface area is 113 Å². The number of rotatable bonds is 5. The van der Waals surface area contributed by atoms with E-state index in [1.165, 1.54) is 25.9 Å². The van der Waals surface area contributed by atoms with Crippen molar-refractivity contribution in [2.45, 2.75) is 12.8 Å². The van der Waals surface area contributed by atoms with Crippen LogP contribution in [0.4, 0.5) is 5.82 Å². The Hall–Kier alpha value is -1.26. The Balaban J connectivity index is 1.81. The van der Waals surface area contributed by atoms with E-state index in [1.807, 2.05) is 0 Å². The van der Waals surface area contributed by atoms with E-state index in [4.69, 9.17) is 17.3 Å². The molecule has 1 saturated heterocycles. The quantitative estimate of drug-likeness (QED) is 0.856. The van der Waals surface area contributed by atoms with Crippen LogP contribution in [-0.2, 0) is 0 Å². The Bertz CT molecular complexity index is 427. The molecule has 0 saturated carbocycles. The SMILES string of the molecule is C=C(NCCN1CCCC1)c1cnc(N)c(Cl)c1. The van der Waals surface area contributed by atoms with Crippen LogP contribution in [0.2, 0.25) is 5.02 Å². The number of hydrogen-bond donors (Lipinski definition) is 2. The van der Waals surface area contributed by atoms with Gasteiger partial charge in [0.15, 0.2) is 0 Å². The first-order chi connectivity index (χ1) is 8.66. The average molecular weight is 267 g/mol. The Morgan fingerprint density at radius 2 is 2.22 bits per heavy atom. The lowest BCUT2D eigenvalue weighted by Gasteiger charge is -2.16. The molecule has 1 aliphatic heterocycles. The molecule has 4 nitrogen and oxygen atoms in total. The minimum Gasteiger partial charge on any atom is -0.384 e. The van der Waals surface area contributed by atoms with Crippen molar-refractivity contribution in [2.24, 2.45) is 0 Å². The summed E-state index contributed by atoms with van der Waals surface area (Å²) in [6.45, 7) is 8.35. The lowest BCUT2D eigenvalue weighted by Crippen LogP contribution is -2.29. The lowest BCUT2D eigenvalue weighted by molar-refractivity contribution is 0.343. The number of pyridine rings is 1. The van der Waals surface area contributed by atoms with Gasteiger partial charge in [-0.1, -0.05) is 18.2 Å². The Morgan fingerprint density at radius 1 is 1.50 bits per heavy atom. The standard InChI is InChI=1S/C13H19ClN4/c1-10(11-8-12(14)13(15)17-9-11)16-4-7-18-5-2-3-6-18/h8-9,16H,1-7H2,(H2,15,17). The van der Waals surface area contributed by atoms with Crippen molar-refractivity contribution >= 4 is 23.1 Å². The van der Waals surface area contributed by atoms with E-state index in [0.717, 1.165) is 24.4 Å². The van der Waals surface area contributed by atoms with Crippen molar-refractivity contribution in [1.82, 2.24) is 15.2 Å². The van der Waals surface area contributed by atoms with Crippen molar-refractivity contribution in [3.63, 3.8) is 0 Å². The predicted molar refractivity (Wildman–Crippen MR) is 76.4 cm³/mol. The summed E-state index contributed by atoms with van der Waals surface area (Å²) in [4.78, 5) is 6.47. The highest BCUT2D eigenvalue weighted by Gasteiger charge is 2.10. The maximum atomic E-state index is 5.93. The van der Waals surface area contributed by atoms with Gasteiger partial charge in [-0.05, 0) is 32.0 Å². The number of nitrogens with one attached hydrogen (secondary N) is 1. The average Bonchev–Trinajstić information content (AvgIpc) is 2.85. The number of hydrogen-bond acceptors (Lipinski definition) is 4. The molecule has 2 rings (SSSR count). The van der Waals surface area contributed by atoms with Crippen LogP contribution in [0.5, 0.6) is 0 Å². The van der Waals surface area contributed by atoms with Gasteiger partial charge in [0, 0.05) is 30.5 Å². The van der Waals surface area contributed by atoms with Gasteiger partial charge in [0.2, 0.25) is 0 Å². The number of halogens is 1. The van der Waals surface area contributed by atoms with E-state index in [0.29, 0.717) is 10.8 Å². The third-order valence-corrected chi connectivity index (χ3v) is 3.49. The van der Waals surface area contributed by atoms with Gasteiger partial charge in [-0.25, -0.2) is 4.98 Å². The van der Waals surface area contributed by atoms with Gasteiger partial charge >= 0.3 is 0 Å². The number of nitrogens with two attached hydrogens (primary N) is 1. The summed E-state index contributed by atoms with van der Waals surface area (Å²) < 4.78 is 0. The van der Waals surface area contributed by atoms with Crippen molar-refractivity contribution in [3.05, 3.63) is 29.4 Å². The minimum atomic E-state index is 0.352. The fraction of sp³-hybridized carbons (Fsp3) is 0.462. The third kappa shape index (κ3) is 3.37. The summed E-state index contributed by atoms with van der Waals surface area (Å²) in [5.74, 6) is 0.352. The molecule has 3 N–H and O–H groups in total. The van der Waals surface area contributed by atoms with Crippen LogP contribution in [0.3, 0.4) is 0 Å². The zero-order valence-electron chi connectivity index (χ0n) is 10.5. The second-order valence-electron chi connectivity index (χ2n) is 4.55. The number of nitrogen functional groups attached to an aromatic ring is 1. The zero-order valence-corrected chi connectivity index (χ0v) is 11.2. The molecule has 0 unspecified atom stereocenters. The highest BCUT2D eigenvalue weighted by Crippen LogP contribution is 2.19. The molecule has 1 aromatic heterocycles. The molecule has 98 valence electrons. The van der Waals surface area contributed by atoms with Crippen LogP contribution in [0.15, 0.2) is 18.8 Å². The fourth-order valence-corrected chi connectivity index (χ4v) is 2.25. The molecule has 18 heavy (non-hydrogen) atoms. The van der Waals surface area contributed by atoms with Crippen molar-refractivity contribution < 1.29 is 0 Å². The van der Waals surface area contributed by atoms with Gasteiger partial charge < -0.3 is 16.0 Å². The number of likely N-dealkylation sites (tertiary alicyclic amines) is 1. The van der Waals surface area contributed by atoms with Gasteiger partial charge in [0.1, 0.15) is 5.82 Å². The van der Waals surface area contributed by atoms with Crippen molar-refractivity contribution in [3.8, 4) is 0 Å². The summed E-state index contributed by atoms with van der Waals surface area (Å²) in [6, 6.07) is 1.79. The largest absolute Gasteiger partial charge is 0.384 e. The summed E-state index contributed by atoms with van der Waals surface area (Å²) in [6.07, 6.45) is 4.32. The molecule has 0 aliphatic carbocycles. The lowest BCUT2D eigenvalue weighted by atomic mass is 10.2. The molecule has 5 heteroatoms. The molecule has 0 spiro atoms. The fourth-order valence-electron chi connectivity index (χ4n) is 2.09. The van der Waals surface area contributed by atoms with Crippen molar-refractivity contribution in [1.29, 1.82) is 0 Å². The molecular weight excluding hydrogens is 248 g/mol. The van der Waals surface area contributed by atoms with Gasteiger partial charge in [0.25, 0.3) is 0 Å². The van der Waals surface area contributed by atoms with Gasteiger partial charge in [0.05, 0.1) is 5.02 Å². The van der Waals surface area contributed by atoms with Crippen LogP contribution < -0.4 is 11.1 Å². The first-order valence-electron chi connectivity index (χ1n) is 6.23. The second-order valence-corrected chi connectivity index (χ2v) is 4.95. The van der Waals surface area contributed by atoms with E-state index in [1.54, 1.807) is 12.3 Å². The maximum Gasteiger partial charge on any atom is 0.142 e. The highest BCUT2D eigenvalue weighted by atomic mass is 35.5. The number of nitrogens with zero attached hydrogens (tertiary/aromatic N) is 2. The molecule has 1 aromatic rings. The second kappa shape index (κ2) is 6.07. The van der Waals surface area contributed by atoms with Crippen LogP contribution in [0.1, 0.15) is 18.4 Å². The van der Waals surface area contributed by atoms with E-state index in [9.17, 15) is 0 Å². The van der Waals surface area contributed by atoms with E-state index < -0.39 is 0 Å². The topological polar surface area (TPSA) is 54.2 Å². The molecule has 0 atom stereocenters. The van der Waals surface area contributed by atoms with Crippen LogP contribution in [0, 0.1) is 0 Å². The number of anilines is 1. The summed E-state index contributed by atoms with van der Waals surface area (Å²) in [5.41, 5.74) is 7.29. The smallest absolute Gasteiger partial charge is 0.142 e. The number of aromatic nitrogens is 1. The molecule has 2 heterocycles. The maximum absolute atomic E-state index is 5.93. The normalized spacial score (nSPS) is 15.8. The van der Waals surface area contributed by atoms with Gasteiger partial charge in [-0.3, -0.25) is 0 Å². The molecule has 0 radical (unpaired) electrons. The van der Waals surface area contributed by atoms with E-state index >= 15 is 0 Å². The minimum absolute atomic E-state index is 0.352. The molecule has 0 bridgehead atoms. The summed E-state index contributed by atoms with van der Waals surface area (Å²) in [5, 5.41) is 3.76. The van der Waals surface area contributed by atoms with Crippen LogP contribution in [-0.4, -0.2) is 36.1 Å². The van der Waals surface area contributed by atoms with Crippen molar-refractivity contribution in [2.75, 3.05) is 31.9 Å². The Morgan fingerprint density at radius 3 is 2.89 bits per heavy atom. The van der Waals surface area contributed by atoms with E-state index in [-0.39, 0.29) is 0 Å². The van der Waals surface area contributed by atoms with Gasteiger partial charge in [-0.2, -0.15) is 0 Å². The molecular formula is C13H19ClN4. The van der Waals surface area contributed by atoms with Gasteiger partial charge in [-0.15, -0.1) is 0 Å². The zero-order chi connectivity index (χ0) is 13.0. The molecule has 1 aliphatic rings. The first kappa shape index (κ1) is 13.2. The summed E-state index contributed by atoms with van der Waals surface area (Å²) in [7, 11) is 0. The molecule has 0 amide bonds. The predicted octanol–water partition coefficient (Wildman–Crippen LogP) is 1.97. The first-order valence-corrected chi connectivity index (χ1v) is 6.61. The third-order valence-electron chi connectivity index (χ3n) is 3.18. The summed E-state index contributed by atoms with van der Waals surface area (Å²) >= 11 is 5.93. The van der Waals surface area contributed by atoms with E-state index in [2.05, 4.69) is 21.8 Å². The molecule has 0 aromatic carbocycles. The molecule has 1 fully saturated rings. The highest BCUT2D eigenvalue weighted by molar-refractivity contribution is 6.32. The Kier molecular flexibility index (Phi) is 4.44. The monoisotopic (exact) mass is 266 g/mol. The van der Waals surface area contributed by atoms with Crippen LogP contribution >= 0.6 is 11.6 Å².